The van der Waals surface area contributed by atoms with E-state index in [0.717, 1.165) is 16.6 Å². The molecule has 2 aromatic rings. The molecule has 0 fully saturated rings. The molecule has 18 heavy (non-hydrogen) atoms. The lowest BCUT2D eigenvalue weighted by molar-refractivity contribution is 0.585. The van der Waals surface area contributed by atoms with E-state index in [-0.39, 0.29) is 0 Å². The molecule has 0 aliphatic carbocycles. The van der Waals surface area contributed by atoms with E-state index in [1.807, 2.05) is 6.92 Å². The highest BCUT2D eigenvalue weighted by molar-refractivity contribution is 7.15. The van der Waals surface area contributed by atoms with Gasteiger partial charge >= 0.3 is 0 Å². The number of rotatable bonds is 3. The fraction of sp³-hybridized carbons (Fsp3) is 0.231. The van der Waals surface area contributed by atoms with Crippen molar-refractivity contribution in [1.29, 1.82) is 5.26 Å². The van der Waals surface area contributed by atoms with Gasteiger partial charge in [-0.3, -0.25) is 0 Å². The minimum atomic E-state index is -0.615. The number of benzene rings is 1. The van der Waals surface area contributed by atoms with Crippen molar-refractivity contribution in [2.75, 3.05) is 0 Å². The van der Waals surface area contributed by atoms with Crippen molar-refractivity contribution in [2.45, 2.75) is 19.8 Å². The molecule has 1 aromatic heterocycles. The van der Waals surface area contributed by atoms with Crippen molar-refractivity contribution in [3.63, 3.8) is 0 Å². The largest absolute Gasteiger partial charge is 0.241 e. The van der Waals surface area contributed by atoms with Crippen LogP contribution in [0.1, 0.15) is 17.0 Å². The Morgan fingerprint density at radius 2 is 2.17 bits per heavy atom. The van der Waals surface area contributed by atoms with Gasteiger partial charge in [0.15, 0.2) is 0 Å². The molecular formula is C13H10F2N2S. The summed E-state index contributed by atoms with van der Waals surface area (Å²) in [7, 11) is 0. The summed E-state index contributed by atoms with van der Waals surface area (Å²) in [6.45, 7) is 1.83. The van der Waals surface area contributed by atoms with Crippen LogP contribution in [0, 0.1) is 29.9 Å². The third-order valence-corrected chi connectivity index (χ3v) is 3.77. The zero-order valence-corrected chi connectivity index (χ0v) is 10.5. The predicted molar refractivity (Wildman–Crippen MR) is 66.1 cm³/mol. The summed E-state index contributed by atoms with van der Waals surface area (Å²) in [6, 6.07) is 5.51. The van der Waals surface area contributed by atoms with Gasteiger partial charge in [0.1, 0.15) is 16.6 Å². The molecule has 92 valence electrons. The number of hydrogen-bond acceptors (Lipinski definition) is 3. The Morgan fingerprint density at radius 3 is 2.83 bits per heavy atom. The highest BCUT2D eigenvalue weighted by Gasteiger charge is 2.13. The van der Waals surface area contributed by atoms with Crippen LogP contribution in [-0.4, -0.2) is 4.98 Å². The Bertz CT molecular complexity index is 614. The minimum Gasteiger partial charge on any atom is -0.241 e. The Kier molecular flexibility index (Phi) is 3.68. The zero-order valence-electron chi connectivity index (χ0n) is 9.70. The van der Waals surface area contributed by atoms with Crippen molar-refractivity contribution < 1.29 is 8.78 Å². The molecule has 0 saturated heterocycles. The Morgan fingerprint density at radius 1 is 1.39 bits per heavy atom. The molecule has 5 heteroatoms. The van der Waals surface area contributed by atoms with Crippen LogP contribution in [0.3, 0.4) is 0 Å². The zero-order chi connectivity index (χ0) is 13.1. The van der Waals surface area contributed by atoms with Crippen LogP contribution in [0.2, 0.25) is 0 Å². The van der Waals surface area contributed by atoms with Gasteiger partial charge in [0, 0.05) is 22.9 Å². The summed E-state index contributed by atoms with van der Waals surface area (Å²) in [5.41, 5.74) is 1.10. The van der Waals surface area contributed by atoms with Gasteiger partial charge in [-0.05, 0) is 25.5 Å². The monoisotopic (exact) mass is 264 g/mol. The summed E-state index contributed by atoms with van der Waals surface area (Å²) in [5, 5.41) is 9.08. The number of thiazole rings is 1. The van der Waals surface area contributed by atoms with E-state index in [1.54, 1.807) is 0 Å². The van der Waals surface area contributed by atoms with Gasteiger partial charge in [0.25, 0.3) is 0 Å². The lowest BCUT2D eigenvalue weighted by atomic mass is 10.2. The van der Waals surface area contributed by atoms with Crippen LogP contribution in [-0.2, 0) is 6.42 Å². The van der Waals surface area contributed by atoms with Crippen LogP contribution in [0.25, 0.3) is 10.6 Å². The van der Waals surface area contributed by atoms with Crippen LogP contribution in [0.4, 0.5) is 8.78 Å². The van der Waals surface area contributed by atoms with E-state index >= 15 is 0 Å². The summed E-state index contributed by atoms with van der Waals surface area (Å²) in [5.74, 6) is -1.22. The van der Waals surface area contributed by atoms with Crippen molar-refractivity contribution >= 4 is 11.3 Å². The molecule has 0 aliphatic heterocycles. The number of nitrogens with zero attached hydrogens (tertiary/aromatic N) is 2. The van der Waals surface area contributed by atoms with Crippen LogP contribution in [0.5, 0.6) is 0 Å². The minimum absolute atomic E-state index is 0.299. The molecular weight excluding hydrogens is 254 g/mol. The Labute approximate surface area is 108 Å². The van der Waals surface area contributed by atoms with E-state index < -0.39 is 11.6 Å². The molecule has 1 heterocycles. The van der Waals surface area contributed by atoms with Gasteiger partial charge < -0.3 is 0 Å². The molecule has 0 saturated carbocycles. The van der Waals surface area contributed by atoms with Gasteiger partial charge in [0.05, 0.1) is 11.8 Å². The lowest BCUT2D eigenvalue weighted by Gasteiger charge is -1.98. The van der Waals surface area contributed by atoms with Crippen LogP contribution in [0.15, 0.2) is 18.2 Å². The second kappa shape index (κ2) is 5.23. The van der Waals surface area contributed by atoms with E-state index in [0.29, 0.717) is 23.4 Å². The molecule has 2 rings (SSSR count). The first-order chi connectivity index (χ1) is 8.61. The Hall–Kier alpha value is -1.80. The summed E-state index contributed by atoms with van der Waals surface area (Å²) in [6.07, 6.45) is 1.02. The fourth-order valence-electron chi connectivity index (χ4n) is 1.61. The SMILES string of the molecule is Cc1nc(-c2ccc(F)cc2F)sc1CCC#N. The number of aromatic nitrogens is 1. The van der Waals surface area contributed by atoms with E-state index in [2.05, 4.69) is 11.1 Å². The number of aryl methyl sites for hydroxylation is 2. The summed E-state index contributed by atoms with van der Waals surface area (Å²) < 4.78 is 26.4. The Balaban J connectivity index is 2.37. The molecule has 0 atom stereocenters. The van der Waals surface area contributed by atoms with Crippen molar-refractivity contribution in [3.8, 4) is 16.6 Å². The number of nitriles is 1. The molecule has 1 aromatic carbocycles. The molecule has 0 bridgehead atoms. The quantitative estimate of drug-likeness (QED) is 0.844. The number of halogens is 2. The topological polar surface area (TPSA) is 36.7 Å². The normalized spacial score (nSPS) is 10.3. The highest BCUT2D eigenvalue weighted by atomic mass is 32.1. The average Bonchev–Trinajstić information content (AvgIpc) is 2.68. The third-order valence-electron chi connectivity index (χ3n) is 2.52. The third kappa shape index (κ3) is 2.54. The van der Waals surface area contributed by atoms with Crippen molar-refractivity contribution in [1.82, 2.24) is 4.98 Å². The maximum atomic E-state index is 13.6. The summed E-state index contributed by atoms with van der Waals surface area (Å²) in [4.78, 5) is 5.24. The molecule has 0 spiro atoms. The number of hydrogen-bond donors (Lipinski definition) is 0. The molecule has 2 nitrogen and oxygen atoms in total. The highest BCUT2D eigenvalue weighted by Crippen LogP contribution is 2.30. The van der Waals surface area contributed by atoms with E-state index in [9.17, 15) is 8.78 Å². The second-order valence-corrected chi connectivity index (χ2v) is 4.89. The average molecular weight is 264 g/mol. The van der Waals surface area contributed by atoms with Gasteiger partial charge in [-0.15, -0.1) is 11.3 Å². The molecule has 0 radical (unpaired) electrons. The molecule has 0 unspecified atom stereocenters. The van der Waals surface area contributed by atoms with Crippen molar-refractivity contribution in [2.24, 2.45) is 0 Å². The van der Waals surface area contributed by atoms with Gasteiger partial charge in [-0.2, -0.15) is 5.26 Å². The first-order valence-corrected chi connectivity index (χ1v) is 6.22. The van der Waals surface area contributed by atoms with Gasteiger partial charge in [-0.1, -0.05) is 0 Å². The molecule has 0 aliphatic rings. The van der Waals surface area contributed by atoms with Gasteiger partial charge in [0.2, 0.25) is 0 Å². The standard InChI is InChI=1S/C13H10F2N2S/c1-8-12(3-2-6-16)18-13(17-8)10-5-4-9(14)7-11(10)15/h4-5,7H,2-3H2,1H3. The van der Waals surface area contributed by atoms with Crippen LogP contribution >= 0.6 is 11.3 Å². The fourth-order valence-corrected chi connectivity index (χ4v) is 2.70. The second-order valence-electron chi connectivity index (χ2n) is 3.81. The first kappa shape index (κ1) is 12.7. The summed E-state index contributed by atoms with van der Waals surface area (Å²) >= 11 is 1.35. The van der Waals surface area contributed by atoms with Crippen LogP contribution < -0.4 is 0 Å². The maximum absolute atomic E-state index is 13.6. The predicted octanol–water partition coefficient (Wildman–Crippen LogP) is 3.85. The van der Waals surface area contributed by atoms with Crippen molar-refractivity contribution in [3.05, 3.63) is 40.4 Å². The molecule has 0 N–H and O–H groups in total. The lowest BCUT2D eigenvalue weighted by Crippen LogP contribution is -1.85. The molecule has 0 amide bonds. The van der Waals surface area contributed by atoms with Gasteiger partial charge in [-0.25, -0.2) is 13.8 Å². The van der Waals surface area contributed by atoms with E-state index in [4.69, 9.17) is 5.26 Å². The first-order valence-electron chi connectivity index (χ1n) is 5.40. The smallest absolute Gasteiger partial charge is 0.136 e. The van der Waals surface area contributed by atoms with E-state index in [1.165, 1.54) is 23.5 Å². The maximum Gasteiger partial charge on any atom is 0.136 e.